The van der Waals surface area contributed by atoms with E-state index in [1.54, 1.807) is 6.20 Å². The van der Waals surface area contributed by atoms with E-state index >= 15 is 0 Å². The van der Waals surface area contributed by atoms with E-state index in [2.05, 4.69) is 15.2 Å². The van der Waals surface area contributed by atoms with Gasteiger partial charge in [-0.3, -0.25) is 9.88 Å². The molecule has 1 N–H and O–H groups in total. The van der Waals surface area contributed by atoms with Crippen LogP contribution in [0.2, 0.25) is 5.02 Å². The number of aromatic nitrogens is 1. The van der Waals surface area contributed by atoms with E-state index < -0.39 is 17.8 Å². The van der Waals surface area contributed by atoms with Crippen molar-refractivity contribution in [3.8, 4) is 0 Å². The molecule has 0 spiro atoms. The standard InChI is InChI=1S/C18H18ClF3N4O/c19-13-4-5-16(15(11-13)18(20,21)22)24-17(27)26-9-7-25(8-10-26)12-14-3-1-2-6-23-14/h1-6,11H,7-10,12H2,(H,24,27). The molecule has 2 aromatic rings. The smallest absolute Gasteiger partial charge is 0.322 e. The minimum absolute atomic E-state index is 0.0385. The van der Waals surface area contributed by atoms with E-state index in [1.807, 2.05) is 18.2 Å². The number of urea groups is 1. The highest BCUT2D eigenvalue weighted by Gasteiger charge is 2.34. The molecule has 0 aliphatic carbocycles. The summed E-state index contributed by atoms with van der Waals surface area (Å²) in [6.45, 7) is 2.76. The lowest BCUT2D eigenvalue weighted by atomic mass is 10.1. The topological polar surface area (TPSA) is 48.5 Å². The zero-order valence-corrected chi connectivity index (χ0v) is 15.1. The van der Waals surface area contributed by atoms with E-state index in [1.165, 1.54) is 17.0 Å². The fourth-order valence-corrected chi connectivity index (χ4v) is 3.06. The molecule has 0 bridgehead atoms. The molecule has 0 saturated carbocycles. The van der Waals surface area contributed by atoms with Gasteiger partial charge in [0.05, 0.1) is 16.9 Å². The third-order valence-electron chi connectivity index (χ3n) is 4.30. The zero-order chi connectivity index (χ0) is 19.4. The van der Waals surface area contributed by atoms with E-state index in [9.17, 15) is 18.0 Å². The highest BCUT2D eigenvalue weighted by atomic mass is 35.5. The number of carbonyl (C=O) groups is 1. The Hall–Kier alpha value is -2.32. The number of nitrogens with zero attached hydrogens (tertiary/aromatic N) is 3. The van der Waals surface area contributed by atoms with Crippen molar-refractivity contribution < 1.29 is 18.0 Å². The quantitative estimate of drug-likeness (QED) is 0.846. The molecule has 2 amide bonds. The highest BCUT2D eigenvalue weighted by molar-refractivity contribution is 6.30. The second-order valence-electron chi connectivity index (χ2n) is 6.20. The van der Waals surface area contributed by atoms with Crippen LogP contribution in [0, 0.1) is 0 Å². The molecule has 0 radical (unpaired) electrons. The van der Waals surface area contributed by atoms with E-state index in [0.29, 0.717) is 32.7 Å². The Bertz CT molecular complexity index is 793. The van der Waals surface area contributed by atoms with Crippen LogP contribution in [0.25, 0.3) is 0 Å². The van der Waals surface area contributed by atoms with Crippen molar-refractivity contribution >= 4 is 23.3 Å². The summed E-state index contributed by atoms with van der Waals surface area (Å²) in [6.07, 6.45) is -2.88. The van der Waals surface area contributed by atoms with Gasteiger partial charge in [0, 0.05) is 43.9 Å². The summed E-state index contributed by atoms with van der Waals surface area (Å²) in [6, 6.07) is 8.42. The number of pyridine rings is 1. The maximum atomic E-state index is 13.1. The Labute approximate surface area is 159 Å². The number of hydrogen-bond donors (Lipinski definition) is 1. The Morgan fingerprint density at radius 1 is 1.15 bits per heavy atom. The average molecular weight is 399 g/mol. The molecule has 1 aromatic heterocycles. The first-order valence-corrected chi connectivity index (χ1v) is 8.75. The number of hydrogen-bond acceptors (Lipinski definition) is 3. The van der Waals surface area contributed by atoms with Crippen molar-refractivity contribution in [3.05, 3.63) is 58.9 Å². The predicted octanol–water partition coefficient (Wildman–Crippen LogP) is 4.10. The molecule has 1 aliphatic rings. The number of anilines is 1. The van der Waals surface area contributed by atoms with Gasteiger partial charge in [-0.1, -0.05) is 17.7 Å². The van der Waals surface area contributed by atoms with Gasteiger partial charge in [-0.15, -0.1) is 0 Å². The molecule has 9 heteroatoms. The summed E-state index contributed by atoms with van der Waals surface area (Å²) in [4.78, 5) is 20.3. The number of carbonyl (C=O) groups excluding carboxylic acids is 1. The number of nitrogens with one attached hydrogen (secondary N) is 1. The number of rotatable bonds is 3. The predicted molar refractivity (Wildman–Crippen MR) is 96.6 cm³/mol. The lowest BCUT2D eigenvalue weighted by molar-refractivity contribution is -0.136. The summed E-state index contributed by atoms with van der Waals surface area (Å²) in [5, 5.41) is 2.32. The maximum Gasteiger partial charge on any atom is 0.418 e. The summed E-state index contributed by atoms with van der Waals surface area (Å²) >= 11 is 5.66. The molecule has 1 fully saturated rings. The third-order valence-corrected chi connectivity index (χ3v) is 4.53. The second kappa shape index (κ2) is 8.14. The zero-order valence-electron chi connectivity index (χ0n) is 14.3. The van der Waals surface area contributed by atoms with Crippen LogP contribution in [0.4, 0.5) is 23.7 Å². The average Bonchev–Trinajstić information content (AvgIpc) is 2.64. The van der Waals surface area contributed by atoms with Gasteiger partial charge in [0.15, 0.2) is 0 Å². The molecule has 1 saturated heterocycles. The number of piperazine rings is 1. The summed E-state index contributed by atoms with van der Waals surface area (Å²) in [7, 11) is 0. The monoisotopic (exact) mass is 398 g/mol. The normalized spacial score (nSPS) is 15.6. The van der Waals surface area contributed by atoms with Gasteiger partial charge in [-0.05, 0) is 30.3 Å². The number of halogens is 4. The van der Waals surface area contributed by atoms with Gasteiger partial charge in [0.25, 0.3) is 0 Å². The fourth-order valence-electron chi connectivity index (χ4n) is 2.88. The van der Waals surface area contributed by atoms with Gasteiger partial charge in [0.2, 0.25) is 0 Å². The van der Waals surface area contributed by atoms with Crippen molar-refractivity contribution in [1.29, 1.82) is 0 Å². The van der Waals surface area contributed by atoms with E-state index in [-0.39, 0.29) is 10.7 Å². The second-order valence-corrected chi connectivity index (χ2v) is 6.64. The van der Waals surface area contributed by atoms with Crippen molar-refractivity contribution in [3.63, 3.8) is 0 Å². The number of amides is 2. The first kappa shape index (κ1) is 19.4. The van der Waals surface area contributed by atoms with Crippen LogP contribution in [0.1, 0.15) is 11.3 Å². The molecule has 1 aliphatic heterocycles. The fraction of sp³-hybridized carbons (Fsp3) is 0.333. The first-order chi connectivity index (χ1) is 12.8. The largest absolute Gasteiger partial charge is 0.418 e. The van der Waals surface area contributed by atoms with Crippen molar-refractivity contribution in [1.82, 2.24) is 14.8 Å². The molecule has 1 aromatic carbocycles. The van der Waals surface area contributed by atoms with Crippen molar-refractivity contribution in [2.75, 3.05) is 31.5 Å². The van der Waals surface area contributed by atoms with Gasteiger partial charge in [0.1, 0.15) is 0 Å². The summed E-state index contributed by atoms with van der Waals surface area (Å²) < 4.78 is 39.4. The Morgan fingerprint density at radius 2 is 1.89 bits per heavy atom. The van der Waals surface area contributed by atoms with E-state index in [0.717, 1.165) is 11.8 Å². The van der Waals surface area contributed by atoms with Crippen LogP contribution in [-0.2, 0) is 12.7 Å². The van der Waals surface area contributed by atoms with Crippen LogP contribution in [-0.4, -0.2) is 47.0 Å². The van der Waals surface area contributed by atoms with Crippen molar-refractivity contribution in [2.24, 2.45) is 0 Å². The van der Waals surface area contributed by atoms with Crippen molar-refractivity contribution in [2.45, 2.75) is 12.7 Å². The molecule has 27 heavy (non-hydrogen) atoms. The molecule has 0 atom stereocenters. The molecule has 144 valence electrons. The summed E-state index contributed by atoms with van der Waals surface area (Å²) in [5.74, 6) is 0. The SMILES string of the molecule is O=C(Nc1ccc(Cl)cc1C(F)(F)F)N1CCN(Cc2ccccn2)CC1. The number of benzene rings is 1. The van der Waals surface area contributed by atoms with E-state index in [4.69, 9.17) is 11.6 Å². The number of alkyl halides is 3. The first-order valence-electron chi connectivity index (χ1n) is 8.38. The Kier molecular flexibility index (Phi) is 5.86. The molecule has 2 heterocycles. The van der Waals surface area contributed by atoms with Gasteiger partial charge < -0.3 is 10.2 Å². The molecule has 3 rings (SSSR count). The lowest BCUT2D eigenvalue weighted by Crippen LogP contribution is -2.49. The van der Waals surface area contributed by atoms with Crippen LogP contribution >= 0.6 is 11.6 Å². The highest BCUT2D eigenvalue weighted by Crippen LogP contribution is 2.36. The van der Waals surface area contributed by atoms with Gasteiger partial charge >= 0.3 is 12.2 Å². The Balaban J connectivity index is 1.59. The molecule has 0 unspecified atom stereocenters. The summed E-state index contributed by atoms with van der Waals surface area (Å²) in [5.41, 5.74) is -0.323. The van der Waals surface area contributed by atoms with Gasteiger partial charge in [-0.2, -0.15) is 13.2 Å². The van der Waals surface area contributed by atoms with Crippen LogP contribution in [0.15, 0.2) is 42.6 Å². The lowest BCUT2D eigenvalue weighted by Gasteiger charge is -2.34. The van der Waals surface area contributed by atoms with Crippen LogP contribution in [0.5, 0.6) is 0 Å². The van der Waals surface area contributed by atoms with Crippen LogP contribution < -0.4 is 5.32 Å². The van der Waals surface area contributed by atoms with Gasteiger partial charge in [-0.25, -0.2) is 4.79 Å². The molecular formula is C18H18ClF3N4O. The third kappa shape index (κ3) is 5.11. The molecular weight excluding hydrogens is 381 g/mol. The maximum absolute atomic E-state index is 13.1. The molecule has 5 nitrogen and oxygen atoms in total. The minimum Gasteiger partial charge on any atom is -0.322 e. The Morgan fingerprint density at radius 3 is 2.52 bits per heavy atom. The van der Waals surface area contributed by atoms with Crippen LogP contribution in [0.3, 0.4) is 0 Å². The minimum atomic E-state index is -4.60.